The Morgan fingerprint density at radius 1 is 1.33 bits per heavy atom. The number of nitrogens with zero attached hydrogens (tertiary/aromatic N) is 2. The Morgan fingerprint density at radius 2 is 2.15 bits per heavy atom. The van der Waals surface area contributed by atoms with E-state index in [-0.39, 0.29) is 11.5 Å². The number of carbonyl (C=O) groups excluding carboxylic acids is 2. The molecule has 0 radical (unpaired) electrons. The third kappa shape index (κ3) is 4.17. The van der Waals surface area contributed by atoms with Crippen molar-refractivity contribution in [2.45, 2.75) is 25.2 Å². The van der Waals surface area contributed by atoms with E-state index in [1.54, 1.807) is 13.2 Å². The van der Waals surface area contributed by atoms with E-state index in [2.05, 4.69) is 34.6 Å². The van der Waals surface area contributed by atoms with Gasteiger partial charge in [-0.25, -0.2) is 0 Å². The molecule has 0 saturated heterocycles. The van der Waals surface area contributed by atoms with Crippen LogP contribution in [0.25, 0.3) is 5.57 Å². The van der Waals surface area contributed by atoms with Crippen LogP contribution in [0.3, 0.4) is 0 Å². The predicted octanol–water partition coefficient (Wildman–Crippen LogP) is 3.33. The monoisotopic (exact) mass is 385 g/mol. The van der Waals surface area contributed by atoms with E-state index in [4.69, 9.17) is 16.3 Å². The molecule has 1 unspecified atom stereocenters. The Balaban J connectivity index is 1.82. The fourth-order valence-electron chi connectivity index (χ4n) is 3.38. The molecule has 27 heavy (non-hydrogen) atoms. The smallest absolute Gasteiger partial charge is 0.211 e. The number of hydrogen-bond acceptors (Lipinski definition) is 5. The number of benzene rings is 1. The number of carbonyl (C=O) groups is 2. The van der Waals surface area contributed by atoms with E-state index in [9.17, 15) is 9.59 Å². The lowest BCUT2D eigenvalue weighted by Gasteiger charge is -2.13. The highest BCUT2D eigenvalue weighted by atomic mass is 35.5. The van der Waals surface area contributed by atoms with Gasteiger partial charge in [-0.05, 0) is 53.5 Å². The van der Waals surface area contributed by atoms with Gasteiger partial charge in [0.15, 0.2) is 11.4 Å². The Hall–Kier alpha value is -2.73. The van der Waals surface area contributed by atoms with Gasteiger partial charge in [0, 0.05) is 6.20 Å². The summed E-state index contributed by atoms with van der Waals surface area (Å²) in [4.78, 5) is 21.7. The number of nitrogens with one attached hydrogen (secondary N) is 1. The second-order valence-electron chi connectivity index (χ2n) is 6.55. The summed E-state index contributed by atoms with van der Waals surface area (Å²) in [6, 6.07) is 9.85. The van der Waals surface area contributed by atoms with Gasteiger partial charge in [0.2, 0.25) is 6.41 Å². The summed E-state index contributed by atoms with van der Waals surface area (Å²) in [5, 5.41) is 10.7. The van der Waals surface area contributed by atoms with E-state index >= 15 is 0 Å². The van der Waals surface area contributed by atoms with Crippen LogP contribution < -0.4 is 10.1 Å². The summed E-state index contributed by atoms with van der Waals surface area (Å²) in [5.41, 5.74) is 2.72. The first-order valence-electron chi connectivity index (χ1n) is 8.61. The minimum Gasteiger partial charge on any atom is -0.497 e. The van der Waals surface area contributed by atoms with Crippen molar-refractivity contribution in [1.82, 2.24) is 15.5 Å². The fourth-order valence-corrected chi connectivity index (χ4v) is 3.61. The average Bonchev–Trinajstić information content (AvgIpc) is 3.49. The average molecular weight is 386 g/mol. The Morgan fingerprint density at radius 3 is 2.85 bits per heavy atom. The number of amides is 1. The molecule has 140 valence electrons. The molecule has 7 heteroatoms. The maximum atomic E-state index is 11.3. The topological polar surface area (TPSA) is 81.2 Å². The van der Waals surface area contributed by atoms with E-state index in [1.807, 2.05) is 12.1 Å². The molecule has 1 aliphatic rings. The molecule has 0 aliphatic heterocycles. The van der Waals surface area contributed by atoms with Crippen molar-refractivity contribution in [3.05, 3.63) is 58.5 Å². The molecule has 1 amide bonds. The van der Waals surface area contributed by atoms with E-state index in [0.29, 0.717) is 35.4 Å². The lowest BCUT2D eigenvalue weighted by atomic mass is 9.93. The molecule has 1 heterocycles. The Labute approximate surface area is 162 Å². The molecule has 3 rings (SSSR count). The maximum Gasteiger partial charge on any atom is 0.211 e. The van der Waals surface area contributed by atoms with Gasteiger partial charge in [-0.3, -0.25) is 9.59 Å². The second kappa shape index (κ2) is 8.31. The van der Waals surface area contributed by atoms with Crippen molar-refractivity contribution in [3.8, 4) is 5.75 Å². The van der Waals surface area contributed by atoms with Crippen LogP contribution in [0.1, 0.15) is 42.0 Å². The van der Waals surface area contributed by atoms with Gasteiger partial charge in [-0.2, -0.15) is 0 Å². The normalized spacial score (nSPS) is 19.9. The zero-order chi connectivity index (χ0) is 19.4. The minimum atomic E-state index is 0.241. The summed E-state index contributed by atoms with van der Waals surface area (Å²) in [6.07, 6.45) is 3.39. The first kappa shape index (κ1) is 19.0. The van der Waals surface area contributed by atoms with E-state index in [0.717, 1.165) is 17.7 Å². The molecule has 1 aromatic heterocycles. The van der Waals surface area contributed by atoms with Gasteiger partial charge in [0.1, 0.15) is 5.75 Å². The van der Waals surface area contributed by atoms with Crippen molar-refractivity contribution < 1.29 is 14.3 Å². The molecular weight excluding hydrogens is 366 g/mol. The maximum absolute atomic E-state index is 11.3. The molecule has 1 aliphatic carbocycles. The number of aldehydes is 1. The van der Waals surface area contributed by atoms with Crippen LogP contribution in [0.5, 0.6) is 5.75 Å². The van der Waals surface area contributed by atoms with Crippen LogP contribution in [0, 0.1) is 5.92 Å². The number of rotatable bonds is 8. The van der Waals surface area contributed by atoms with E-state index in [1.165, 1.54) is 11.8 Å². The molecule has 1 aromatic carbocycles. The largest absolute Gasteiger partial charge is 0.497 e. The lowest BCUT2D eigenvalue weighted by Crippen LogP contribution is -2.05. The summed E-state index contributed by atoms with van der Waals surface area (Å²) in [5.74, 6) is 1.84. The first-order chi connectivity index (χ1) is 13.1. The highest BCUT2D eigenvalue weighted by Gasteiger charge is 2.44. The van der Waals surface area contributed by atoms with Crippen LogP contribution >= 0.6 is 11.6 Å². The number of allylic oxidation sites excluding steroid dienone is 1. The number of methoxy groups -OCH3 is 1. The lowest BCUT2D eigenvalue weighted by molar-refractivity contribution is -0.108. The van der Waals surface area contributed by atoms with Crippen LogP contribution in [-0.4, -0.2) is 30.0 Å². The zero-order valence-electron chi connectivity index (χ0n) is 15.1. The molecule has 6 nitrogen and oxygen atoms in total. The third-order valence-electron chi connectivity index (χ3n) is 5.01. The van der Waals surface area contributed by atoms with Crippen LogP contribution in [0.2, 0.25) is 5.15 Å². The van der Waals surface area contributed by atoms with Crippen molar-refractivity contribution in [1.29, 1.82) is 0 Å². The second-order valence-corrected chi connectivity index (χ2v) is 6.91. The van der Waals surface area contributed by atoms with Gasteiger partial charge in [0.25, 0.3) is 0 Å². The van der Waals surface area contributed by atoms with Crippen molar-refractivity contribution >= 4 is 29.9 Å². The highest BCUT2D eigenvalue weighted by Crippen LogP contribution is 2.56. The summed E-state index contributed by atoms with van der Waals surface area (Å²) in [7, 11) is 1.66. The van der Waals surface area contributed by atoms with Gasteiger partial charge in [-0.1, -0.05) is 30.7 Å². The van der Waals surface area contributed by atoms with Crippen LogP contribution in [0.4, 0.5) is 0 Å². The highest BCUT2D eigenvalue weighted by molar-refractivity contribution is 6.30. The summed E-state index contributed by atoms with van der Waals surface area (Å²) < 4.78 is 5.31. The van der Waals surface area contributed by atoms with Crippen molar-refractivity contribution in [2.24, 2.45) is 5.92 Å². The van der Waals surface area contributed by atoms with Gasteiger partial charge in [0.05, 0.1) is 18.4 Å². The summed E-state index contributed by atoms with van der Waals surface area (Å²) >= 11 is 6.27. The zero-order valence-corrected chi connectivity index (χ0v) is 15.8. The Bertz CT molecular complexity index is 885. The molecule has 2 aromatic rings. The number of halogens is 1. The van der Waals surface area contributed by atoms with Crippen molar-refractivity contribution in [3.63, 3.8) is 0 Å². The molecule has 1 saturated carbocycles. The molecule has 0 spiro atoms. The summed E-state index contributed by atoms with van der Waals surface area (Å²) in [6.45, 7) is 2.19. The van der Waals surface area contributed by atoms with E-state index < -0.39 is 0 Å². The molecular formula is C20H20ClN3O3. The number of ether oxygens (including phenoxy) is 1. The molecule has 1 fully saturated rings. The Kier molecular flexibility index (Phi) is 5.86. The number of aromatic nitrogens is 2. The van der Waals surface area contributed by atoms with Gasteiger partial charge in [-0.15, -0.1) is 10.2 Å². The van der Waals surface area contributed by atoms with Gasteiger partial charge < -0.3 is 10.1 Å². The standard InChI is InChI=1S/C20H20ClN3O3/c1-12(13-4-3-5-15(6-13)27-2)16-7-17(16)18-8-19(23-24-20(18)21)14(10-25)9-22-11-26/h3-6,8-12,16-17H,7H2,1-2H3,(H,22,26)/b14-9+/t12-,16-,17?/m1/s1. The quantitative estimate of drug-likeness (QED) is 0.556. The van der Waals surface area contributed by atoms with Gasteiger partial charge >= 0.3 is 0 Å². The van der Waals surface area contributed by atoms with Crippen LogP contribution in [-0.2, 0) is 9.59 Å². The predicted molar refractivity (Wildman–Crippen MR) is 103 cm³/mol. The fraction of sp³-hybridized carbons (Fsp3) is 0.300. The third-order valence-corrected chi connectivity index (χ3v) is 5.30. The molecule has 1 N–H and O–H groups in total. The molecule has 3 atom stereocenters. The van der Waals surface area contributed by atoms with Crippen molar-refractivity contribution in [2.75, 3.05) is 7.11 Å². The SMILES string of the molecule is COc1cccc([C@@H](C)[C@H]2CC2c2cc(/C(C=O)=C/NC=O)nnc2Cl)c1. The number of hydrogen-bond donors (Lipinski definition) is 1. The first-order valence-corrected chi connectivity index (χ1v) is 8.99. The minimum absolute atomic E-state index is 0.241. The van der Waals surface area contributed by atoms with Crippen LogP contribution in [0.15, 0.2) is 36.5 Å². The molecule has 0 bridgehead atoms.